The molecule has 1 aliphatic rings. The lowest BCUT2D eigenvalue weighted by atomic mass is 9.93. The van der Waals surface area contributed by atoms with Gasteiger partial charge in [0.15, 0.2) is 0 Å². The molecule has 0 aromatic heterocycles. The third-order valence-corrected chi connectivity index (χ3v) is 3.59. The molecular formula is C17H26FNO. The van der Waals surface area contributed by atoms with Crippen molar-refractivity contribution in [1.82, 2.24) is 5.32 Å². The van der Waals surface area contributed by atoms with Gasteiger partial charge in [-0.1, -0.05) is 39.0 Å². The second-order valence-electron chi connectivity index (χ2n) is 6.87. The summed E-state index contributed by atoms with van der Waals surface area (Å²) in [7, 11) is 0. The van der Waals surface area contributed by atoms with E-state index in [1.807, 2.05) is 12.1 Å². The van der Waals surface area contributed by atoms with Crippen molar-refractivity contribution in [2.75, 3.05) is 13.2 Å². The van der Waals surface area contributed by atoms with Crippen molar-refractivity contribution in [2.45, 2.75) is 52.2 Å². The molecule has 0 bridgehead atoms. The van der Waals surface area contributed by atoms with Crippen molar-refractivity contribution in [1.29, 1.82) is 0 Å². The second kappa shape index (κ2) is 6.68. The number of hydrogen-bond donors (Lipinski definition) is 1. The van der Waals surface area contributed by atoms with Crippen molar-refractivity contribution < 1.29 is 9.13 Å². The van der Waals surface area contributed by atoms with Crippen LogP contribution in [-0.4, -0.2) is 19.2 Å². The van der Waals surface area contributed by atoms with Crippen LogP contribution in [0.5, 0.6) is 0 Å². The Morgan fingerprint density at radius 3 is 2.60 bits per heavy atom. The van der Waals surface area contributed by atoms with Gasteiger partial charge in [0.1, 0.15) is 5.82 Å². The largest absolute Gasteiger partial charge is 0.372 e. The molecule has 0 heterocycles. The molecule has 3 heteroatoms. The zero-order valence-electron chi connectivity index (χ0n) is 12.8. The topological polar surface area (TPSA) is 21.3 Å². The third kappa shape index (κ3) is 5.22. The van der Waals surface area contributed by atoms with Crippen LogP contribution in [0, 0.1) is 11.2 Å². The molecule has 1 aromatic carbocycles. The fourth-order valence-electron chi connectivity index (χ4n) is 2.06. The summed E-state index contributed by atoms with van der Waals surface area (Å²) in [6.07, 6.45) is 3.23. The van der Waals surface area contributed by atoms with E-state index in [4.69, 9.17) is 4.74 Å². The van der Waals surface area contributed by atoms with Gasteiger partial charge in [-0.3, -0.25) is 0 Å². The van der Waals surface area contributed by atoms with E-state index in [0.29, 0.717) is 24.8 Å². The van der Waals surface area contributed by atoms with Crippen LogP contribution in [0.15, 0.2) is 24.3 Å². The van der Waals surface area contributed by atoms with E-state index in [-0.39, 0.29) is 17.3 Å². The molecule has 1 N–H and O–H groups in total. The number of hydrogen-bond acceptors (Lipinski definition) is 2. The molecule has 1 fully saturated rings. The Morgan fingerprint density at radius 2 is 2.00 bits per heavy atom. The lowest BCUT2D eigenvalue weighted by Gasteiger charge is -2.23. The molecule has 0 saturated heterocycles. The Labute approximate surface area is 121 Å². The van der Waals surface area contributed by atoms with E-state index in [1.54, 1.807) is 6.07 Å². The molecule has 0 radical (unpaired) electrons. The first kappa shape index (κ1) is 15.5. The SMILES string of the molecule is CC(C)(C)CCOC(CNC1CC1)c1ccccc1F. The lowest BCUT2D eigenvalue weighted by Crippen LogP contribution is -2.26. The predicted molar refractivity (Wildman–Crippen MR) is 80.2 cm³/mol. The van der Waals surface area contributed by atoms with Crippen LogP contribution in [-0.2, 0) is 4.74 Å². The van der Waals surface area contributed by atoms with Gasteiger partial charge in [0.25, 0.3) is 0 Å². The smallest absolute Gasteiger partial charge is 0.129 e. The molecule has 2 nitrogen and oxygen atoms in total. The first-order valence-corrected chi connectivity index (χ1v) is 7.55. The molecule has 1 unspecified atom stereocenters. The number of nitrogens with one attached hydrogen (secondary N) is 1. The summed E-state index contributed by atoms with van der Waals surface area (Å²) < 4.78 is 19.9. The number of ether oxygens (including phenoxy) is 1. The van der Waals surface area contributed by atoms with Gasteiger partial charge >= 0.3 is 0 Å². The third-order valence-electron chi connectivity index (χ3n) is 3.59. The zero-order chi connectivity index (χ0) is 14.6. The molecule has 2 rings (SSSR count). The van der Waals surface area contributed by atoms with E-state index < -0.39 is 0 Å². The highest BCUT2D eigenvalue weighted by molar-refractivity contribution is 5.20. The van der Waals surface area contributed by atoms with Gasteiger partial charge in [0.2, 0.25) is 0 Å². The summed E-state index contributed by atoms with van der Waals surface area (Å²) in [6.45, 7) is 7.93. The molecule has 20 heavy (non-hydrogen) atoms. The average molecular weight is 279 g/mol. The lowest BCUT2D eigenvalue weighted by molar-refractivity contribution is 0.0347. The van der Waals surface area contributed by atoms with Crippen molar-refractivity contribution >= 4 is 0 Å². The Kier molecular flexibility index (Phi) is 5.17. The molecule has 1 aliphatic carbocycles. The molecule has 1 saturated carbocycles. The van der Waals surface area contributed by atoms with Crippen LogP contribution >= 0.6 is 0 Å². The van der Waals surface area contributed by atoms with Gasteiger partial charge in [-0.15, -0.1) is 0 Å². The van der Waals surface area contributed by atoms with Gasteiger partial charge < -0.3 is 10.1 Å². The average Bonchev–Trinajstić information content (AvgIpc) is 3.17. The van der Waals surface area contributed by atoms with Gasteiger partial charge in [0, 0.05) is 24.8 Å². The highest BCUT2D eigenvalue weighted by Crippen LogP contribution is 2.25. The summed E-state index contributed by atoms with van der Waals surface area (Å²) in [6, 6.07) is 7.53. The molecule has 1 aromatic rings. The first-order valence-electron chi connectivity index (χ1n) is 7.55. The fraction of sp³-hybridized carbons (Fsp3) is 0.647. The fourth-order valence-corrected chi connectivity index (χ4v) is 2.06. The zero-order valence-corrected chi connectivity index (χ0v) is 12.8. The monoisotopic (exact) mass is 279 g/mol. The maximum atomic E-state index is 13.9. The van der Waals surface area contributed by atoms with E-state index in [2.05, 4.69) is 26.1 Å². The minimum Gasteiger partial charge on any atom is -0.372 e. The summed E-state index contributed by atoms with van der Waals surface area (Å²) in [5.41, 5.74) is 0.901. The van der Waals surface area contributed by atoms with E-state index in [9.17, 15) is 4.39 Å². The van der Waals surface area contributed by atoms with E-state index >= 15 is 0 Å². The Balaban J connectivity index is 1.94. The second-order valence-corrected chi connectivity index (χ2v) is 6.87. The Morgan fingerprint density at radius 1 is 1.30 bits per heavy atom. The highest BCUT2D eigenvalue weighted by Gasteiger charge is 2.24. The van der Waals surface area contributed by atoms with Gasteiger partial charge in [-0.05, 0) is 30.7 Å². The van der Waals surface area contributed by atoms with Gasteiger partial charge in [-0.25, -0.2) is 4.39 Å². The predicted octanol–water partition coefficient (Wildman–Crippen LogP) is 4.07. The van der Waals surface area contributed by atoms with Crippen LogP contribution in [0.25, 0.3) is 0 Å². The number of benzene rings is 1. The molecule has 112 valence electrons. The van der Waals surface area contributed by atoms with Crippen LogP contribution in [0.3, 0.4) is 0 Å². The van der Waals surface area contributed by atoms with E-state index in [0.717, 1.165) is 6.42 Å². The van der Waals surface area contributed by atoms with Crippen LogP contribution in [0.2, 0.25) is 0 Å². The van der Waals surface area contributed by atoms with Gasteiger partial charge in [-0.2, -0.15) is 0 Å². The van der Waals surface area contributed by atoms with Crippen LogP contribution in [0.1, 0.15) is 51.7 Å². The van der Waals surface area contributed by atoms with Crippen LogP contribution in [0.4, 0.5) is 4.39 Å². The Hall–Kier alpha value is -0.930. The maximum absolute atomic E-state index is 13.9. The van der Waals surface area contributed by atoms with Crippen molar-refractivity contribution in [2.24, 2.45) is 5.41 Å². The van der Waals surface area contributed by atoms with Crippen molar-refractivity contribution in [3.63, 3.8) is 0 Å². The molecular weight excluding hydrogens is 253 g/mol. The van der Waals surface area contributed by atoms with Gasteiger partial charge in [0.05, 0.1) is 6.10 Å². The minimum atomic E-state index is -0.195. The molecule has 0 amide bonds. The molecule has 0 aliphatic heterocycles. The summed E-state index contributed by atoms with van der Waals surface area (Å²) >= 11 is 0. The molecule has 0 spiro atoms. The number of halogens is 1. The highest BCUT2D eigenvalue weighted by atomic mass is 19.1. The van der Waals surface area contributed by atoms with E-state index in [1.165, 1.54) is 18.9 Å². The first-order chi connectivity index (χ1) is 9.46. The minimum absolute atomic E-state index is 0.175. The quantitative estimate of drug-likeness (QED) is 0.812. The van der Waals surface area contributed by atoms with Crippen molar-refractivity contribution in [3.05, 3.63) is 35.6 Å². The Bertz CT molecular complexity index is 423. The summed E-state index contributed by atoms with van der Waals surface area (Å²) in [4.78, 5) is 0. The maximum Gasteiger partial charge on any atom is 0.129 e. The standard InChI is InChI=1S/C17H26FNO/c1-17(2,3)10-11-20-16(12-19-13-8-9-13)14-6-4-5-7-15(14)18/h4-7,13,16,19H,8-12H2,1-3H3. The normalized spacial score (nSPS) is 17.2. The summed E-state index contributed by atoms with van der Waals surface area (Å²) in [5.74, 6) is -0.175. The number of rotatable bonds is 7. The van der Waals surface area contributed by atoms with Crippen molar-refractivity contribution in [3.8, 4) is 0 Å². The van der Waals surface area contributed by atoms with Crippen LogP contribution < -0.4 is 5.32 Å². The summed E-state index contributed by atoms with van der Waals surface area (Å²) in [5, 5.41) is 3.44. The molecule has 1 atom stereocenters.